The van der Waals surface area contributed by atoms with Crippen molar-refractivity contribution in [3.05, 3.63) is 139 Å². The molecule has 0 aliphatic heterocycles. The van der Waals surface area contributed by atoms with Crippen molar-refractivity contribution in [2.45, 2.75) is 31.0 Å². The minimum Gasteiger partial charge on any atom is 0 e. The van der Waals surface area contributed by atoms with Crippen LogP contribution in [0.3, 0.4) is 0 Å². The first-order chi connectivity index (χ1) is 25.3. The largest absolute Gasteiger partial charge is 0 e. The van der Waals surface area contributed by atoms with Gasteiger partial charge in [-0.15, -0.1) is 23.8 Å². The number of benzene rings is 4. The van der Waals surface area contributed by atoms with Crippen LogP contribution in [0, 0.1) is 25.8 Å². The summed E-state index contributed by atoms with van der Waals surface area (Å²) in [4.78, 5) is 8.81. The summed E-state index contributed by atoms with van der Waals surface area (Å²) in [6.07, 6.45) is 3.12. The van der Waals surface area contributed by atoms with E-state index in [1.165, 1.54) is 21.8 Å². The second-order valence-electron chi connectivity index (χ2n) is 11.0. The Morgan fingerprint density at radius 2 is 1.57 bits per heavy atom. The van der Waals surface area contributed by atoms with Gasteiger partial charge in [0.1, 0.15) is 0 Å². The van der Waals surface area contributed by atoms with Crippen molar-refractivity contribution in [2.75, 3.05) is 0 Å². The molecule has 0 aliphatic carbocycles. The van der Waals surface area contributed by atoms with Gasteiger partial charge >= 0.3 is 99.8 Å². The molecule has 7 rings (SSSR count). The van der Waals surface area contributed by atoms with Gasteiger partial charge in [0.05, 0.1) is 6.85 Å². The van der Waals surface area contributed by atoms with E-state index in [0.717, 1.165) is 37.6 Å². The van der Waals surface area contributed by atoms with Crippen molar-refractivity contribution < 1.29 is 35.2 Å². The normalized spacial score (nSPS) is 15.3. The maximum absolute atomic E-state index is 8.30. The Hall–Kier alpha value is -3.41. The summed E-state index contributed by atoms with van der Waals surface area (Å²) in [6.45, 7) is -5.29. The van der Waals surface area contributed by atoms with Gasteiger partial charge in [0.15, 0.2) is 0 Å². The van der Waals surface area contributed by atoms with Crippen LogP contribution in [0.2, 0.25) is 17.3 Å². The van der Waals surface area contributed by atoms with E-state index in [2.05, 4.69) is 51.5 Å². The number of aromatic nitrogens is 2. The molecule has 0 aliphatic rings. The molecule has 0 atom stereocenters. The molecule has 7 aromatic rings. The van der Waals surface area contributed by atoms with Gasteiger partial charge in [-0.25, -0.2) is 0 Å². The molecule has 5 heteroatoms. The van der Waals surface area contributed by atoms with Gasteiger partial charge in [-0.3, -0.25) is 0 Å². The molecule has 0 amide bonds. The van der Waals surface area contributed by atoms with Crippen LogP contribution < -0.4 is 4.40 Å². The fraction of sp³-hybridized carbons (Fsp3) is 0.128. The van der Waals surface area contributed by atoms with Gasteiger partial charge in [0.2, 0.25) is 0 Å². The van der Waals surface area contributed by atoms with Gasteiger partial charge in [-0.2, -0.15) is 11.3 Å². The van der Waals surface area contributed by atoms with Crippen LogP contribution in [0.5, 0.6) is 0 Å². The molecule has 0 unspecified atom stereocenters. The standard InChI is InChI=1S/C25H18NS.C14H16GeN.Ir/c1-16-13-23(26-15-17(16)2)22-10-6-9-21-20-12-11-19(14-24(20)27-25(21)22)18-7-4-3-5-8-18;1-15(2,3)13-9-10-14(16-11-13)12-7-5-4-6-8-12;/h3-9,11-15H,1-2H3;4-7,9-11H,1-3H3;/q2*-1;/i1D3,2D3,3D,4D,5D,7D,8D;;. The van der Waals surface area contributed by atoms with Crippen molar-refractivity contribution >= 4 is 49.2 Å². The fourth-order valence-electron chi connectivity index (χ4n) is 4.62. The minimum absolute atomic E-state index is 0. The first kappa shape index (κ1) is 20.6. The predicted octanol–water partition coefficient (Wildman–Crippen LogP) is 10.3. The number of pyridine rings is 2. The number of nitrogens with zero attached hydrogens (tertiary/aromatic N) is 2. The Kier molecular flexibility index (Phi) is 6.41. The number of aryl methyl sites for hydroxylation is 2. The molecule has 3 heterocycles. The topological polar surface area (TPSA) is 25.8 Å². The van der Waals surface area contributed by atoms with E-state index >= 15 is 0 Å². The van der Waals surface area contributed by atoms with E-state index in [1.807, 2.05) is 42.6 Å². The molecular weight excluding hydrogens is 793 g/mol. The van der Waals surface area contributed by atoms with E-state index in [4.69, 9.17) is 15.1 Å². The van der Waals surface area contributed by atoms with Crippen LogP contribution in [0.25, 0.3) is 53.8 Å². The number of fused-ring (bicyclic) bond motifs is 3. The molecule has 44 heavy (non-hydrogen) atoms. The number of hydrogen-bond donors (Lipinski definition) is 0. The van der Waals surface area contributed by atoms with Crippen molar-refractivity contribution in [3.63, 3.8) is 0 Å². The quantitative estimate of drug-likeness (QED) is 0.130. The second kappa shape index (κ2) is 13.7. The average Bonchev–Trinajstić information content (AvgIpc) is 3.51. The number of hydrogen-bond acceptors (Lipinski definition) is 3. The zero-order chi connectivity index (χ0) is 39.3. The maximum atomic E-state index is 8.30. The minimum atomic E-state index is -2.66. The Morgan fingerprint density at radius 3 is 2.27 bits per heavy atom. The van der Waals surface area contributed by atoms with Crippen LogP contribution in [0.4, 0.5) is 0 Å². The van der Waals surface area contributed by atoms with Crippen LogP contribution in [-0.2, 0) is 20.1 Å². The fourth-order valence-corrected chi connectivity index (χ4v) is 8.04. The van der Waals surface area contributed by atoms with Gasteiger partial charge < -0.3 is 4.98 Å². The van der Waals surface area contributed by atoms with Crippen LogP contribution in [0.15, 0.2) is 115 Å². The van der Waals surface area contributed by atoms with Crippen molar-refractivity contribution in [1.82, 2.24) is 9.97 Å². The monoisotopic (exact) mass is 840 g/mol. The van der Waals surface area contributed by atoms with Gasteiger partial charge in [0.25, 0.3) is 0 Å². The first-order valence-corrected chi connectivity index (χ1v) is 21.8. The van der Waals surface area contributed by atoms with Crippen LogP contribution in [0.1, 0.15) is 26.2 Å². The van der Waals surface area contributed by atoms with Gasteiger partial charge in [-0.05, 0) is 52.2 Å². The van der Waals surface area contributed by atoms with E-state index in [-0.39, 0.29) is 54.6 Å². The van der Waals surface area contributed by atoms with E-state index in [0.29, 0.717) is 11.1 Å². The Balaban J connectivity index is 0.000000286. The molecule has 4 aromatic carbocycles. The molecule has 0 saturated heterocycles. The summed E-state index contributed by atoms with van der Waals surface area (Å²) in [7, 11) is 0. The summed E-state index contributed by atoms with van der Waals surface area (Å²) in [6, 6.07) is 26.8. The molecule has 0 bridgehead atoms. The third kappa shape index (κ3) is 6.95. The van der Waals surface area contributed by atoms with Crippen molar-refractivity contribution in [1.29, 1.82) is 0 Å². The predicted molar refractivity (Wildman–Crippen MR) is 188 cm³/mol. The molecular formula is C39H34GeIrN2S-2. The van der Waals surface area contributed by atoms with Crippen molar-refractivity contribution in [3.8, 4) is 33.6 Å². The van der Waals surface area contributed by atoms with Crippen LogP contribution in [-0.4, -0.2) is 23.2 Å². The van der Waals surface area contributed by atoms with E-state index in [1.54, 1.807) is 18.2 Å². The molecule has 0 saturated carbocycles. The Labute approximate surface area is 296 Å². The third-order valence-corrected chi connectivity index (χ3v) is 12.4. The van der Waals surface area contributed by atoms with Gasteiger partial charge in [-0.1, -0.05) is 59.4 Å². The molecule has 2 nitrogen and oxygen atoms in total. The van der Waals surface area contributed by atoms with E-state index < -0.39 is 45.1 Å². The summed E-state index contributed by atoms with van der Waals surface area (Å²) in [5.41, 5.74) is 2.81. The first-order valence-electron chi connectivity index (χ1n) is 19.2. The summed E-state index contributed by atoms with van der Waals surface area (Å²) < 4.78 is 90.1. The summed E-state index contributed by atoms with van der Waals surface area (Å²) in [5, 5.41) is 1.69. The molecule has 3 aromatic heterocycles. The second-order valence-corrected chi connectivity index (χ2v) is 22.7. The number of rotatable bonds is 4. The van der Waals surface area contributed by atoms with Crippen molar-refractivity contribution in [2.24, 2.45) is 0 Å². The zero-order valence-electron chi connectivity index (χ0n) is 35.2. The SMILES string of the molecule is [2H]c1c([2H])c([2H])c(-c2ccc3c(c2)sc2c(-c4cc(C([2H])([2H])[2H])c(C([2H])([2H])[2H])cn4)[c-]ccc23)c([2H])c1[2H].[CH3][Ge]([CH3])([CH3])[c]1ccc(-c2[c-]cccc2)nc1.[Ir]. The average molecular weight is 839 g/mol. The van der Waals surface area contributed by atoms with Crippen LogP contribution >= 0.6 is 11.3 Å². The molecule has 0 spiro atoms. The molecule has 1 radical (unpaired) electrons. The molecule has 0 fully saturated rings. The zero-order valence-corrected chi connectivity index (χ0v) is 29.5. The molecule has 0 N–H and O–H groups in total. The Morgan fingerprint density at radius 1 is 0.750 bits per heavy atom. The van der Waals surface area contributed by atoms with Gasteiger partial charge in [0, 0.05) is 39.2 Å². The Bertz CT molecular complexity index is 2480. The summed E-state index contributed by atoms with van der Waals surface area (Å²) in [5.74, 6) is 7.14. The molecule has 221 valence electrons. The number of thiophene rings is 1. The summed E-state index contributed by atoms with van der Waals surface area (Å²) >= 11 is -0.354. The third-order valence-electron chi connectivity index (χ3n) is 7.00. The van der Waals surface area contributed by atoms with E-state index in [9.17, 15) is 0 Å². The maximum Gasteiger partial charge on any atom is 0 e. The smallest absolute Gasteiger partial charge is 0 e.